The van der Waals surface area contributed by atoms with Gasteiger partial charge in [0.2, 0.25) is 11.8 Å². The largest absolute Gasteiger partial charge is 0.339 e. The molecule has 1 saturated heterocycles. The monoisotopic (exact) mass is 283 g/mol. The van der Waals surface area contributed by atoms with Crippen molar-refractivity contribution in [2.45, 2.75) is 46.0 Å². The van der Waals surface area contributed by atoms with Crippen molar-refractivity contribution < 1.29 is 9.59 Å². The molecule has 1 atom stereocenters. The number of hydrogen-bond acceptors (Lipinski definition) is 3. The second kappa shape index (κ2) is 8.95. The van der Waals surface area contributed by atoms with E-state index in [1.54, 1.807) is 0 Å². The van der Waals surface area contributed by atoms with E-state index in [0.717, 1.165) is 25.7 Å². The van der Waals surface area contributed by atoms with Crippen molar-refractivity contribution in [2.75, 3.05) is 32.7 Å². The molecule has 0 aromatic carbocycles. The van der Waals surface area contributed by atoms with Gasteiger partial charge in [-0.15, -0.1) is 0 Å². The van der Waals surface area contributed by atoms with Crippen LogP contribution in [0.5, 0.6) is 0 Å². The predicted octanol–water partition coefficient (Wildman–Crippen LogP) is 1.22. The number of unbranched alkanes of at least 4 members (excludes halogenated alkanes) is 2. The first-order valence-electron chi connectivity index (χ1n) is 7.86. The van der Waals surface area contributed by atoms with Crippen LogP contribution in [0.15, 0.2) is 0 Å². The first-order valence-corrected chi connectivity index (χ1v) is 7.86. The molecule has 20 heavy (non-hydrogen) atoms. The Kier molecular flexibility index (Phi) is 7.59. The van der Waals surface area contributed by atoms with Gasteiger partial charge in [-0.25, -0.2) is 0 Å². The summed E-state index contributed by atoms with van der Waals surface area (Å²) in [5.74, 6) is 0.536. The second-order valence-electron chi connectivity index (χ2n) is 5.61. The lowest BCUT2D eigenvalue weighted by Crippen LogP contribution is -2.51. The topological polar surface area (TPSA) is 66.6 Å². The number of carbonyl (C=O) groups excluding carboxylic acids is 2. The number of piperazine rings is 1. The number of hydrogen-bond donors (Lipinski definition) is 1. The van der Waals surface area contributed by atoms with Crippen LogP contribution in [0, 0.1) is 5.92 Å². The summed E-state index contributed by atoms with van der Waals surface area (Å²) >= 11 is 0. The second-order valence-corrected chi connectivity index (χ2v) is 5.61. The van der Waals surface area contributed by atoms with Gasteiger partial charge in [0.25, 0.3) is 0 Å². The van der Waals surface area contributed by atoms with E-state index in [1.165, 1.54) is 0 Å². The number of rotatable bonds is 7. The van der Waals surface area contributed by atoms with Crippen molar-refractivity contribution >= 4 is 11.8 Å². The van der Waals surface area contributed by atoms with Crippen molar-refractivity contribution in [2.24, 2.45) is 11.7 Å². The zero-order valence-corrected chi connectivity index (χ0v) is 12.9. The summed E-state index contributed by atoms with van der Waals surface area (Å²) in [6.45, 7) is 7.41. The SMILES string of the molecule is CCC(C)C(=O)N1CCN(C(=O)CCCCCN)CC1. The van der Waals surface area contributed by atoms with Crippen LogP contribution in [0.2, 0.25) is 0 Å². The Morgan fingerprint density at radius 2 is 1.65 bits per heavy atom. The van der Waals surface area contributed by atoms with E-state index in [2.05, 4.69) is 0 Å². The maximum Gasteiger partial charge on any atom is 0.225 e. The summed E-state index contributed by atoms with van der Waals surface area (Å²) in [7, 11) is 0. The van der Waals surface area contributed by atoms with Crippen LogP contribution < -0.4 is 5.73 Å². The molecule has 0 spiro atoms. The van der Waals surface area contributed by atoms with E-state index in [0.29, 0.717) is 39.1 Å². The van der Waals surface area contributed by atoms with Crippen LogP contribution in [-0.2, 0) is 9.59 Å². The standard InChI is InChI=1S/C15H29N3O2/c1-3-13(2)15(20)18-11-9-17(10-12-18)14(19)7-5-4-6-8-16/h13H,3-12,16H2,1-2H3. The van der Waals surface area contributed by atoms with Crippen LogP contribution in [0.1, 0.15) is 46.0 Å². The quantitative estimate of drug-likeness (QED) is 0.714. The summed E-state index contributed by atoms with van der Waals surface area (Å²) in [6.07, 6.45) is 4.42. The third-order valence-corrected chi connectivity index (χ3v) is 4.07. The average Bonchev–Trinajstić information content (AvgIpc) is 2.50. The molecule has 1 aliphatic heterocycles. The number of nitrogens with zero attached hydrogens (tertiary/aromatic N) is 2. The van der Waals surface area contributed by atoms with E-state index in [-0.39, 0.29) is 17.7 Å². The molecular formula is C15H29N3O2. The summed E-state index contributed by atoms with van der Waals surface area (Å²) in [5.41, 5.74) is 5.43. The van der Waals surface area contributed by atoms with E-state index in [1.807, 2.05) is 23.6 Å². The van der Waals surface area contributed by atoms with Gasteiger partial charge in [-0.3, -0.25) is 9.59 Å². The van der Waals surface area contributed by atoms with Crippen LogP contribution >= 0.6 is 0 Å². The summed E-state index contributed by atoms with van der Waals surface area (Å²) < 4.78 is 0. The smallest absolute Gasteiger partial charge is 0.225 e. The molecule has 5 nitrogen and oxygen atoms in total. The van der Waals surface area contributed by atoms with Gasteiger partial charge in [-0.2, -0.15) is 0 Å². The van der Waals surface area contributed by atoms with Crippen LogP contribution in [-0.4, -0.2) is 54.3 Å². The molecule has 0 aromatic heterocycles. The molecule has 2 N–H and O–H groups in total. The Hall–Kier alpha value is -1.10. The third-order valence-electron chi connectivity index (χ3n) is 4.07. The summed E-state index contributed by atoms with van der Waals surface area (Å²) in [6, 6.07) is 0. The molecule has 0 radical (unpaired) electrons. The third kappa shape index (κ3) is 5.12. The van der Waals surface area contributed by atoms with Gasteiger partial charge in [0.05, 0.1) is 0 Å². The highest BCUT2D eigenvalue weighted by Crippen LogP contribution is 2.11. The number of carbonyl (C=O) groups is 2. The molecule has 1 heterocycles. The molecule has 1 fully saturated rings. The highest BCUT2D eigenvalue weighted by Gasteiger charge is 2.25. The van der Waals surface area contributed by atoms with E-state index in [4.69, 9.17) is 5.73 Å². The molecule has 2 amide bonds. The van der Waals surface area contributed by atoms with Gasteiger partial charge in [-0.05, 0) is 25.8 Å². The molecule has 116 valence electrons. The minimum Gasteiger partial charge on any atom is -0.339 e. The Morgan fingerprint density at radius 1 is 1.05 bits per heavy atom. The Labute approximate surface area is 122 Å². The van der Waals surface area contributed by atoms with Crippen molar-refractivity contribution in [3.05, 3.63) is 0 Å². The van der Waals surface area contributed by atoms with Crippen molar-refractivity contribution in [1.29, 1.82) is 0 Å². The van der Waals surface area contributed by atoms with E-state index < -0.39 is 0 Å². The minimum absolute atomic E-state index is 0.0912. The normalized spacial score (nSPS) is 17.1. The predicted molar refractivity (Wildman–Crippen MR) is 80.1 cm³/mol. The molecule has 1 rings (SSSR count). The molecule has 1 unspecified atom stereocenters. The Balaban J connectivity index is 2.27. The Morgan fingerprint density at radius 3 is 2.20 bits per heavy atom. The fourth-order valence-electron chi connectivity index (χ4n) is 2.42. The number of amides is 2. The van der Waals surface area contributed by atoms with Crippen LogP contribution in [0.25, 0.3) is 0 Å². The maximum atomic E-state index is 12.1. The van der Waals surface area contributed by atoms with Gasteiger partial charge < -0.3 is 15.5 Å². The molecular weight excluding hydrogens is 254 g/mol. The van der Waals surface area contributed by atoms with E-state index >= 15 is 0 Å². The molecule has 5 heteroatoms. The first kappa shape index (κ1) is 17.0. The van der Waals surface area contributed by atoms with Gasteiger partial charge in [0, 0.05) is 38.5 Å². The van der Waals surface area contributed by atoms with Gasteiger partial charge in [0.1, 0.15) is 0 Å². The lowest BCUT2D eigenvalue weighted by Gasteiger charge is -2.36. The molecule has 0 bridgehead atoms. The summed E-state index contributed by atoms with van der Waals surface area (Å²) in [4.78, 5) is 27.9. The van der Waals surface area contributed by atoms with Gasteiger partial charge >= 0.3 is 0 Å². The highest BCUT2D eigenvalue weighted by atomic mass is 16.2. The maximum absolute atomic E-state index is 12.1. The lowest BCUT2D eigenvalue weighted by molar-refractivity contribution is -0.141. The molecule has 0 aliphatic carbocycles. The minimum atomic E-state index is 0.0912. The van der Waals surface area contributed by atoms with Crippen LogP contribution in [0.3, 0.4) is 0 Å². The fraction of sp³-hybridized carbons (Fsp3) is 0.867. The van der Waals surface area contributed by atoms with Crippen molar-refractivity contribution in [3.63, 3.8) is 0 Å². The number of nitrogens with two attached hydrogens (primary N) is 1. The molecule has 1 aliphatic rings. The molecule has 0 saturated carbocycles. The fourth-order valence-corrected chi connectivity index (χ4v) is 2.42. The first-order chi connectivity index (χ1) is 9.60. The van der Waals surface area contributed by atoms with Crippen LogP contribution in [0.4, 0.5) is 0 Å². The highest BCUT2D eigenvalue weighted by molar-refractivity contribution is 5.79. The zero-order valence-electron chi connectivity index (χ0n) is 12.9. The molecule has 0 aromatic rings. The van der Waals surface area contributed by atoms with Gasteiger partial charge in [0.15, 0.2) is 0 Å². The Bertz CT molecular complexity index is 312. The van der Waals surface area contributed by atoms with Crippen molar-refractivity contribution in [1.82, 2.24) is 9.80 Å². The van der Waals surface area contributed by atoms with Gasteiger partial charge in [-0.1, -0.05) is 20.3 Å². The summed E-state index contributed by atoms with van der Waals surface area (Å²) in [5, 5.41) is 0. The zero-order chi connectivity index (χ0) is 15.0. The van der Waals surface area contributed by atoms with E-state index in [9.17, 15) is 9.59 Å². The lowest BCUT2D eigenvalue weighted by atomic mass is 10.1. The van der Waals surface area contributed by atoms with Crippen molar-refractivity contribution in [3.8, 4) is 0 Å². The average molecular weight is 283 g/mol.